The SMILES string of the molecule is O=C[C@H](CC(=O)OCc1ccccc1)NCc1ccccc1. The topological polar surface area (TPSA) is 55.4 Å². The van der Waals surface area contributed by atoms with E-state index in [1.54, 1.807) is 0 Å². The van der Waals surface area contributed by atoms with Crippen LogP contribution in [0, 0.1) is 0 Å². The largest absolute Gasteiger partial charge is 0.461 e. The molecule has 0 aliphatic rings. The van der Waals surface area contributed by atoms with Crippen molar-refractivity contribution < 1.29 is 14.3 Å². The lowest BCUT2D eigenvalue weighted by Crippen LogP contribution is -2.32. The fraction of sp³-hybridized carbons (Fsp3) is 0.222. The van der Waals surface area contributed by atoms with Gasteiger partial charge in [0.25, 0.3) is 0 Å². The Labute approximate surface area is 130 Å². The lowest BCUT2D eigenvalue weighted by atomic mass is 10.2. The third kappa shape index (κ3) is 5.50. The lowest BCUT2D eigenvalue weighted by molar-refractivity contribution is -0.146. The van der Waals surface area contributed by atoms with E-state index in [1.165, 1.54) is 0 Å². The van der Waals surface area contributed by atoms with Crippen molar-refractivity contribution in [3.05, 3.63) is 71.8 Å². The van der Waals surface area contributed by atoms with Crippen LogP contribution in [0.15, 0.2) is 60.7 Å². The van der Waals surface area contributed by atoms with Gasteiger partial charge in [0.15, 0.2) is 0 Å². The molecule has 0 amide bonds. The Morgan fingerprint density at radius 2 is 1.59 bits per heavy atom. The molecule has 0 aliphatic heterocycles. The quantitative estimate of drug-likeness (QED) is 0.601. The highest BCUT2D eigenvalue weighted by Crippen LogP contribution is 2.03. The Kier molecular flexibility index (Phi) is 6.33. The van der Waals surface area contributed by atoms with Gasteiger partial charge in [-0.1, -0.05) is 60.7 Å². The van der Waals surface area contributed by atoms with Gasteiger partial charge in [-0.05, 0) is 11.1 Å². The van der Waals surface area contributed by atoms with Crippen molar-refractivity contribution in [1.82, 2.24) is 5.32 Å². The fourth-order valence-electron chi connectivity index (χ4n) is 1.99. The Bertz CT molecular complexity index is 584. The Morgan fingerprint density at radius 3 is 2.18 bits per heavy atom. The number of hydrogen-bond donors (Lipinski definition) is 1. The van der Waals surface area contributed by atoms with Crippen LogP contribution in [0.25, 0.3) is 0 Å². The molecule has 4 nitrogen and oxygen atoms in total. The number of ether oxygens (including phenoxy) is 1. The van der Waals surface area contributed by atoms with Gasteiger partial charge in [-0.25, -0.2) is 0 Å². The summed E-state index contributed by atoms with van der Waals surface area (Å²) >= 11 is 0. The van der Waals surface area contributed by atoms with Gasteiger partial charge < -0.3 is 14.8 Å². The number of rotatable bonds is 8. The average molecular weight is 297 g/mol. The maximum Gasteiger partial charge on any atom is 0.308 e. The van der Waals surface area contributed by atoms with E-state index >= 15 is 0 Å². The van der Waals surface area contributed by atoms with Gasteiger partial charge in [0, 0.05) is 6.54 Å². The van der Waals surface area contributed by atoms with Gasteiger partial charge in [0.05, 0.1) is 12.5 Å². The number of hydrogen-bond acceptors (Lipinski definition) is 4. The van der Waals surface area contributed by atoms with Crippen molar-refractivity contribution in [2.45, 2.75) is 25.6 Å². The standard InChI is InChI=1S/C18H19NO3/c20-13-17(19-12-15-7-3-1-4-8-15)11-18(21)22-14-16-9-5-2-6-10-16/h1-10,13,17,19H,11-12,14H2/t17-/m0/s1. The molecule has 0 radical (unpaired) electrons. The molecule has 114 valence electrons. The van der Waals surface area contributed by atoms with Crippen LogP contribution >= 0.6 is 0 Å². The molecule has 0 bridgehead atoms. The summed E-state index contributed by atoms with van der Waals surface area (Å²) in [5, 5.41) is 3.05. The number of carbonyl (C=O) groups excluding carboxylic acids is 2. The predicted octanol–water partition coefficient (Wildman–Crippen LogP) is 2.48. The van der Waals surface area contributed by atoms with Gasteiger partial charge >= 0.3 is 5.97 Å². The first-order valence-electron chi connectivity index (χ1n) is 7.20. The molecule has 22 heavy (non-hydrogen) atoms. The normalized spacial score (nSPS) is 11.6. The number of benzene rings is 2. The van der Waals surface area contributed by atoms with E-state index in [2.05, 4.69) is 5.32 Å². The minimum Gasteiger partial charge on any atom is -0.461 e. The summed E-state index contributed by atoms with van der Waals surface area (Å²) in [6, 6.07) is 18.6. The smallest absolute Gasteiger partial charge is 0.308 e. The van der Waals surface area contributed by atoms with Gasteiger partial charge in [0.2, 0.25) is 0 Å². The first-order valence-corrected chi connectivity index (χ1v) is 7.20. The minimum absolute atomic E-state index is 0.0309. The van der Waals surface area contributed by atoms with E-state index in [1.807, 2.05) is 60.7 Å². The monoisotopic (exact) mass is 297 g/mol. The summed E-state index contributed by atoms with van der Waals surface area (Å²) in [5.74, 6) is -0.387. The van der Waals surface area contributed by atoms with Crippen LogP contribution in [0.5, 0.6) is 0 Å². The highest BCUT2D eigenvalue weighted by atomic mass is 16.5. The number of aldehydes is 1. The van der Waals surface area contributed by atoms with Crippen molar-refractivity contribution in [2.24, 2.45) is 0 Å². The molecule has 2 rings (SSSR count). The fourth-order valence-corrected chi connectivity index (χ4v) is 1.99. The molecule has 2 aromatic rings. The second-order valence-corrected chi connectivity index (χ2v) is 4.96. The third-order valence-electron chi connectivity index (χ3n) is 3.20. The first-order chi connectivity index (χ1) is 10.8. The van der Waals surface area contributed by atoms with Gasteiger partial charge in [0.1, 0.15) is 12.9 Å². The zero-order chi connectivity index (χ0) is 15.6. The van der Waals surface area contributed by atoms with Crippen molar-refractivity contribution in [2.75, 3.05) is 0 Å². The van der Waals surface area contributed by atoms with Gasteiger partial charge in [-0.15, -0.1) is 0 Å². The number of esters is 1. The molecule has 0 saturated heterocycles. The van der Waals surface area contributed by atoms with Crippen LogP contribution in [0.4, 0.5) is 0 Å². The van der Waals surface area contributed by atoms with Crippen molar-refractivity contribution in [3.63, 3.8) is 0 Å². The third-order valence-corrected chi connectivity index (χ3v) is 3.20. The Hall–Kier alpha value is -2.46. The van der Waals surface area contributed by atoms with Crippen LogP contribution in [-0.2, 0) is 27.5 Å². The van der Waals surface area contributed by atoms with Crippen LogP contribution in [0.2, 0.25) is 0 Å². The highest BCUT2D eigenvalue weighted by Gasteiger charge is 2.13. The molecule has 1 atom stereocenters. The summed E-state index contributed by atoms with van der Waals surface area (Å²) in [5.41, 5.74) is 1.99. The summed E-state index contributed by atoms with van der Waals surface area (Å²) in [6.07, 6.45) is 0.774. The summed E-state index contributed by atoms with van der Waals surface area (Å²) in [4.78, 5) is 22.8. The molecular formula is C18H19NO3. The first kappa shape index (κ1) is 15.9. The predicted molar refractivity (Wildman–Crippen MR) is 84.0 cm³/mol. The Morgan fingerprint density at radius 1 is 1.00 bits per heavy atom. The molecule has 0 aromatic heterocycles. The van der Waals surface area contributed by atoms with Crippen molar-refractivity contribution >= 4 is 12.3 Å². The van der Waals surface area contributed by atoms with E-state index in [9.17, 15) is 9.59 Å². The summed E-state index contributed by atoms with van der Waals surface area (Å²) in [6.45, 7) is 0.764. The Balaban J connectivity index is 1.74. The molecule has 0 saturated carbocycles. The zero-order valence-electron chi connectivity index (χ0n) is 12.3. The minimum atomic E-state index is -0.538. The zero-order valence-corrected chi connectivity index (χ0v) is 12.3. The summed E-state index contributed by atoms with van der Waals surface area (Å²) < 4.78 is 5.17. The molecular weight excluding hydrogens is 278 g/mol. The van der Waals surface area contributed by atoms with Gasteiger partial charge in [-0.3, -0.25) is 4.79 Å². The molecule has 2 aromatic carbocycles. The van der Waals surface area contributed by atoms with Crippen molar-refractivity contribution in [3.8, 4) is 0 Å². The molecule has 4 heteroatoms. The molecule has 0 spiro atoms. The molecule has 0 aliphatic carbocycles. The second-order valence-electron chi connectivity index (χ2n) is 4.96. The van der Waals surface area contributed by atoms with E-state index < -0.39 is 6.04 Å². The number of carbonyl (C=O) groups is 2. The van der Waals surface area contributed by atoms with E-state index in [0.29, 0.717) is 6.54 Å². The molecule has 0 fully saturated rings. The van der Waals surface area contributed by atoms with Crippen molar-refractivity contribution in [1.29, 1.82) is 0 Å². The van der Waals surface area contributed by atoms with Crippen LogP contribution < -0.4 is 5.32 Å². The number of nitrogens with one attached hydrogen (secondary N) is 1. The van der Waals surface area contributed by atoms with E-state index in [4.69, 9.17) is 4.74 Å². The average Bonchev–Trinajstić information content (AvgIpc) is 2.58. The lowest BCUT2D eigenvalue weighted by Gasteiger charge is -2.12. The maximum absolute atomic E-state index is 11.8. The molecule has 0 unspecified atom stereocenters. The molecule has 0 heterocycles. The molecule has 1 N–H and O–H groups in total. The second kappa shape index (κ2) is 8.74. The van der Waals surface area contributed by atoms with E-state index in [0.717, 1.165) is 17.4 Å². The van der Waals surface area contributed by atoms with Crippen LogP contribution in [0.1, 0.15) is 17.5 Å². The van der Waals surface area contributed by atoms with Crippen LogP contribution in [-0.4, -0.2) is 18.3 Å². The maximum atomic E-state index is 11.8. The van der Waals surface area contributed by atoms with Crippen LogP contribution in [0.3, 0.4) is 0 Å². The van der Waals surface area contributed by atoms with E-state index in [-0.39, 0.29) is 19.0 Å². The summed E-state index contributed by atoms with van der Waals surface area (Å²) in [7, 11) is 0. The van der Waals surface area contributed by atoms with Gasteiger partial charge in [-0.2, -0.15) is 0 Å². The highest BCUT2D eigenvalue weighted by molar-refractivity contribution is 5.75.